The van der Waals surface area contributed by atoms with E-state index in [2.05, 4.69) is 5.16 Å². The van der Waals surface area contributed by atoms with Gasteiger partial charge in [-0.3, -0.25) is 4.79 Å². The van der Waals surface area contributed by atoms with Gasteiger partial charge in [-0.1, -0.05) is 36.7 Å². The lowest BCUT2D eigenvalue weighted by Gasteiger charge is -2.15. The standard InChI is InChI=1S/C17H16ClNO3/c1-10(2)14-9-16(20)11(3)7-15(14)19-22-17(21)12-5-4-6-13(18)8-12/h4-10H,1-3H3/b19-15+. The molecule has 0 saturated carbocycles. The summed E-state index contributed by atoms with van der Waals surface area (Å²) < 4.78 is 0. The molecule has 1 aliphatic carbocycles. The summed E-state index contributed by atoms with van der Waals surface area (Å²) in [6.45, 7) is 5.59. The van der Waals surface area contributed by atoms with Gasteiger partial charge >= 0.3 is 5.97 Å². The van der Waals surface area contributed by atoms with E-state index in [-0.39, 0.29) is 11.7 Å². The van der Waals surface area contributed by atoms with Crippen molar-refractivity contribution in [2.24, 2.45) is 11.1 Å². The molecule has 0 aromatic heterocycles. The predicted molar refractivity (Wildman–Crippen MR) is 86.0 cm³/mol. The summed E-state index contributed by atoms with van der Waals surface area (Å²) in [5, 5.41) is 4.35. The molecule has 1 aromatic carbocycles. The van der Waals surface area contributed by atoms with Gasteiger partial charge in [0.05, 0.1) is 5.56 Å². The molecule has 0 saturated heterocycles. The summed E-state index contributed by atoms with van der Waals surface area (Å²) in [5.74, 6) is -0.554. The van der Waals surface area contributed by atoms with Crippen molar-refractivity contribution in [3.8, 4) is 0 Å². The topological polar surface area (TPSA) is 55.7 Å². The first-order valence-corrected chi connectivity index (χ1v) is 7.25. The number of carbonyl (C=O) groups is 2. The Kier molecular flexibility index (Phi) is 4.93. The Hall–Kier alpha value is -2.20. The van der Waals surface area contributed by atoms with Gasteiger partial charge in [-0.15, -0.1) is 0 Å². The lowest BCUT2D eigenvalue weighted by molar-refractivity contribution is -0.111. The smallest absolute Gasteiger partial charge is 0.312 e. The number of hydrogen-bond donors (Lipinski definition) is 0. The lowest BCUT2D eigenvalue weighted by atomic mass is 9.90. The highest BCUT2D eigenvalue weighted by Gasteiger charge is 2.19. The Bertz CT molecular complexity index is 714. The van der Waals surface area contributed by atoms with Crippen molar-refractivity contribution < 1.29 is 14.4 Å². The average molecular weight is 318 g/mol. The predicted octanol–water partition coefficient (Wildman–Crippen LogP) is 3.96. The second kappa shape index (κ2) is 6.71. The van der Waals surface area contributed by atoms with Crippen molar-refractivity contribution in [3.63, 3.8) is 0 Å². The molecule has 0 atom stereocenters. The minimum absolute atomic E-state index is 0.0520. The molecule has 0 fully saturated rings. The van der Waals surface area contributed by atoms with Crippen molar-refractivity contribution in [2.75, 3.05) is 0 Å². The van der Waals surface area contributed by atoms with Gasteiger partial charge in [-0.25, -0.2) is 4.79 Å². The monoisotopic (exact) mass is 317 g/mol. The molecule has 0 amide bonds. The molecule has 0 N–H and O–H groups in total. The summed E-state index contributed by atoms with van der Waals surface area (Å²) in [5.41, 5.74) is 2.11. The van der Waals surface area contributed by atoms with Crippen molar-refractivity contribution in [1.82, 2.24) is 0 Å². The van der Waals surface area contributed by atoms with E-state index in [1.54, 1.807) is 31.2 Å². The molecule has 0 spiro atoms. The van der Waals surface area contributed by atoms with Crippen molar-refractivity contribution in [1.29, 1.82) is 0 Å². The van der Waals surface area contributed by atoms with Crippen LogP contribution < -0.4 is 0 Å². The second-order valence-electron chi connectivity index (χ2n) is 5.31. The van der Waals surface area contributed by atoms with E-state index < -0.39 is 5.97 Å². The normalized spacial score (nSPS) is 16.6. The fourth-order valence-corrected chi connectivity index (χ4v) is 2.18. The van der Waals surface area contributed by atoms with Gasteiger partial charge in [0.1, 0.15) is 5.71 Å². The van der Waals surface area contributed by atoms with E-state index in [0.29, 0.717) is 21.9 Å². The van der Waals surface area contributed by atoms with Crippen LogP contribution in [0.15, 0.2) is 52.7 Å². The maximum atomic E-state index is 12.0. The number of carbonyl (C=O) groups excluding carboxylic acids is 2. The quantitative estimate of drug-likeness (QED) is 0.481. The molecule has 22 heavy (non-hydrogen) atoms. The van der Waals surface area contributed by atoms with Crippen LogP contribution in [0, 0.1) is 5.92 Å². The molecule has 4 nitrogen and oxygen atoms in total. The molecular formula is C17H16ClNO3. The third kappa shape index (κ3) is 3.71. The van der Waals surface area contributed by atoms with Crippen LogP contribution in [0.2, 0.25) is 5.02 Å². The van der Waals surface area contributed by atoms with Gasteiger partial charge in [-0.05, 0) is 54.3 Å². The average Bonchev–Trinajstić information content (AvgIpc) is 2.47. The minimum atomic E-state index is -0.596. The van der Waals surface area contributed by atoms with Crippen LogP contribution in [0.1, 0.15) is 31.1 Å². The Labute approximate surface area is 134 Å². The number of ketones is 1. The van der Waals surface area contributed by atoms with E-state index >= 15 is 0 Å². The molecule has 0 aliphatic heterocycles. The van der Waals surface area contributed by atoms with Crippen molar-refractivity contribution in [3.05, 3.63) is 58.1 Å². The Morgan fingerprint density at radius 2 is 2.00 bits per heavy atom. The van der Waals surface area contributed by atoms with Gasteiger partial charge in [0, 0.05) is 5.02 Å². The largest absolute Gasteiger partial charge is 0.365 e. The fourth-order valence-electron chi connectivity index (χ4n) is 1.99. The van der Waals surface area contributed by atoms with E-state index in [9.17, 15) is 9.59 Å². The number of halogens is 1. The number of nitrogens with zero attached hydrogens (tertiary/aromatic N) is 1. The molecule has 0 radical (unpaired) electrons. The molecule has 2 rings (SSSR count). The molecule has 1 aromatic rings. The van der Waals surface area contributed by atoms with Crippen LogP contribution >= 0.6 is 11.6 Å². The van der Waals surface area contributed by atoms with Crippen molar-refractivity contribution in [2.45, 2.75) is 20.8 Å². The number of allylic oxidation sites excluding steroid dienone is 4. The van der Waals surface area contributed by atoms with Gasteiger partial charge in [-0.2, -0.15) is 0 Å². The summed E-state index contributed by atoms with van der Waals surface area (Å²) >= 11 is 5.84. The van der Waals surface area contributed by atoms with Gasteiger partial charge in [0.25, 0.3) is 0 Å². The number of hydrogen-bond acceptors (Lipinski definition) is 4. The Morgan fingerprint density at radius 1 is 1.27 bits per heavy atom. The molecule has 0 unspecified atom stereocenters. The molecular weight excluding hydrogens is 302 g/mol. The number of rotatable bonds is 3. The van der Waals surface area contributed by atoms with E-state index in [1.807, 2.05) is 13.8 Å². The zero-order valence-electron chi connectivity index (χ0n) is 12.6. The van der Waals surface area contributed by atoms with Gasteiger partial charge in [0.15, 0.2) is 5.78 Å². The highest BCUT2D eigenvalue weighted by molar-refractivity contribution is 6.30. The van der Waals surface area contributed by atoms with Gasteiger partial charge in [0.2, 0.25) is 0 Å². The van der Waals surface area contributed by atoms with Crippen LogP contribution in [0.25, 0.3) is 0 Å². The lowest BCUT2D eigenvalue weighted by Crippen LogP contribution is -2.16. The fraction of sp³-hybridized carbons (Fsp3) is 0.235. The Balaban J connectivity index is 2.23. The highest BCUT2D eigenvalue weighted by atomic mass is 35.5. The zero-order valence-corrected chi connectivity index (χ0v) is 13.3. The van der Waals surface area contributed by atoms with E-state index in [0.717, 1.165) is 5.57 Å². The van der Waals surface area contributed by atoms with Crippen LogP contribution in [-0.4, -0.2) is 17.5 Å². The van der Waals surface area contributed by atoms with Crippen LogP contribution in [0.4, 0.5) is 0 Å². The van der Waals surface area contributed by atoms with Crippen LogP contribution in [0.5, 0.6) is 0 Å². The highest BCUT2D eigenvalue weighted by Crippen LogP contribution is 2.20. The first-order valence-electron chi connectivity index (χ1n) is 6.88. The Morgan fingerprint density at radius 3 is 2.64 bits per heavy atom. The van der Waals surface area contributed by atoms with E-state index in [4.69, 9.17) is 16.4 Å². The van der Waals surface area contributed by atoms with Gasteiger partial charge < -0.3 is 4.84 Å². The summed E-state index contributed by atoms with van der Waals surface area (Å²) in [6.07, 6.45) is 3.16. The zero-order chi connectivity index (χ0) is 16.3. The third-order valence-electron chi connectivity index (χ3n) is 3.23. The van der Waals surface area contributed by atoms with E-state index in [1.165, 1.54) is 12.1 Å². The SMILES string of the molecule is CC1=C/C(=N\OC(=O)c2cccc(Cl)c2)C(C(C)C)=CC1=O. The first kappa shape index (κ1) is 16.2. The van der Waals surface area contributed by atoms with Crippen LogP contribution in [0.3, 0.4) is 0 Å². The molecule has 5 heteroatoms. The molecule has 0 bridgehead atoms. The van der Waals surface area contributed by atoms with Crippen LogP contribution in [-0.2, 0) is 9.63 Å². The summed E-state index contributed by atoms with van der Waals surface area (Å²) in [4.78, 5) is 28.7. The first-order chi connectivity index (χ1) is 10.4. The minimum Gasteiger partial charge on any atom is -0.312 e. The number of oxime groups is 1. The number of benzene rings is 1. The molecule has 114 valence electrons. The summed E-state index contributed by atoms with van der Waals surface area (Å²) in [7, 11) is 0. The maximum absolute atomic E-state index is 12.0. The maximum Gasteiger partial charge on any atom is 0.365 e. The van der Waals surface area contributed by atoms with Crippen molar-refractivity contribution >= 4 is 29.1 Å². The molecule has 0 heterocycles. The second-order valence-corrected chi connectivity index (χ2v) is 5.75. The molecule has 1 aliphatic rings. The summed E-state index contributed by atoms with van der Waals surface area (Å²) in [6, 6.07) is 6.44. The third-order valence-corrected chi connectivity index (χ3v) is 3.47.